The zero-order valence-corrected chi connectivity index (χ0v) is 17.5. The van der Waals surface area contributed by atoms with Gasteiger partial charge in [-0.3, -0.25) is 4.79 Å². The number of carbonyl (C=O) groups is 1. The van der Waals surface area contributed by atoms with Gasteiger partial charge in [0.25, 0.3) is 5.91 Å². The first-order valence-corrected chi connectivity index (χ1v) is 11.0. The van der Waals surface area contributed by atoms with Crippen molar-refractivity contribution in [2.45, 2.75) is 25.9 Å². The molecule has 0 radical (unpaired) electrons. The van der Waals surface area contributed by atoms with E-state index in [2.05, 4.69) is 71.7 Å². The average Bonchev–Trinajstić information content (AvgIpc) is 3.16. The number of nitrogens with one attached hydrogen (secondary N) is 3. The summed E-state index contributed by atoms with van der Waals surface area (Å²) in [6.07, 6.45) is 1.09. The predicted molar refractivity (Wildman–Crippen MR) is 116 cm³/mol. The lowest BCUT2D eigenvalue weighted by atomic mass is 10.1. The van der Waals surface area contributed by atoms with Crippen molar-refractivity contribution in [3.05, 3.63) is 65.7 Å². The molecule has 1 unspecified atom stereocenters. The Labute approximate surface area is 174 Å². The van der Waals surface area contributed by atoms with Crippen LogP contribution in [0.3, 0.4) is 0 Å². The standard InChI is InChI=1S/C24H32N4O/c1-20-7-5-6-10-23(20)28-15-13-26(14-16-28)19-24(29)25-22-11-12-27(18-22)17-21-8-3-2-4-9-21/h2-10,22H,11-19H2,1H3,(H,25,29)/p+2/t22-/m1/s1. The van der Waals surface area contributed by atoms with Crippen LogP contribution < -0.4 is 20.0 Å². The van der Waals surface area contributed by atoms with E-state index in [4.69, 9.17) is 0 Å². The molecule has 5 heteroatoms. The highest BCUT2D eigenvalue weighted by molar-refractivity contribution is 5.77. The van der Waals surface area contributed by atoms with E-state index in [9.17, 15) is 4.79 Å². The van der Waals surface area contributed by atoms with Crippen molar-refractivity contribution in [3.63, 3.8) is 0 Å². The molecule has 1 amide bonds. The van der Waals surface area contributed by atoms with Crippen molar-refractivity contribution in [1.82, 2.24) is 5.32 Å². The quantitative estimate of drug-likeness (QED) is 0.628. The molecule has 154 valence electrons. The van der Waals surface area contributed by atoms with E-state index in [-0.39, 0.29) is 5.91 Å². The van der Waals surface area contributed by atoms with Crippen LogP contribution in [-0.4, -0.2) is 57.8 Å². The topological polar surface area (TPSA) is 41.2 Å². The van der Waals surface area contributed by atoms with E-state index in [0.29, 0.717) is 12.6 Å². The lowest BCUT2D eigenvalue weighted by molar-refractivity contribution is -0.901. The van der Waals surface area contributed by atoms with Gasteiger partial charge >= 0.3 is 0 Å². The molecule has 0 aromatic heterocycles. The number of anilines is 1. The third-order valence-electron chi connectivity index (χ3n) is 6.38. The highest BCUT2D eigenvalue weighted by Gasteiger charge is 2.29. The molecule has 2 saturated heterocycles. The summed E-state index contributed by atoms with van der Waals surface area (Å²) >= 11 is 0. The lowest BCUT2D eigenvalue weighted by Gasteiger charge is -2.34. The van der Waals surface area contributed by atoms with Gasteiger partial charge in [-0.05, 0) is 18.6 Å². The van der Waals surface area contributed by atoms with Crippen LogP contribution in [0.25, 0.3) is 0 Å². The number of aryl methyl sites for hydroxylation is 1. The van der Waals surface area contributed by atoms with Crippen molar-refractivity contribution in [2.24, 2.45) is 0 Å². The first-order chi connectivity index (χ1) is 14.2. The van der Waals surface area contributed by atoms with Crippen LogP contribution in [0.5, 0.6) is 0 Å². The molecule has 2 aromatic rings. The second-order valence-electron chi connectivity index (χ2n) is 8.62. The molecule has 0 saturated carbocycles. The van der Waals surface area contributed by atoms with Crippen LogP contribution in [-0.2, 0) is 11.3 Å². The van der Waals surface area contributed by atoms with Crippen LogP contribution in [0, 0.1) is 6.92 Å². The molecule has 29 heavy (non-hydrogen) atoms. The Bertz CT molecular complexity index is 802. The summed E-state index contributed by atoms with van der Waals surface area (Å²) in [7, 11) is 0. The number of benzene rings is 2. The van der Waals surface area contributed by atoms with E-state index >= 15 is 0 Å². The molecular weight excluding hydrogens is 360 g/mol. The first-order valence-electron chi connectivity index (χ1n) is 11.0. The van der Waals surface area contributed by atoms with Gasteiger partial charge in [-0.25, -0.2) is 0 Å². The number of hydrogen-bond acceptors (Lipinski definition) is 2. The van der Waals surface area contributed by atoms with Crippen molar-refractivity contribution in [1.29, 1.82) is 0 Å². The number of quaternary nitrogens is 2. The van der Waals surface area contributed by atoms with Gasteiger partial charge in [-0.2, -0.15) is 0 Å². The zero-order chi connectivity index (χ0) is 20.1. The van der Waals surface area contributed by atoms with Gasteiger partial charge in [0, 0.05) is 17.7 Å². The van der Waals surface area contributed by atoms with E-state index in [1.807, 2.05) is 0 Å². The van der Waals surface area contributed by atoms with Crippen molar-refractivity contribution in [3.8, 4) is 0 Å². The van der Waals surface area contributed by atoms with Gasteiger partial charge in [0.2, 0.25) is 0 Å². The number of para-hydroxylation sites is 1. The fourth-order valence-corrected chi connectivity index (χ4v) is 4.76. The minimum Gasteiger partial charge on any atom is -0.360 e. The monoisotopic (exact) mass is 394 g/mol. The predicted octanol–water partition coefficient (Wildman–Crippen LogP) is -0.326. The lowest BCUT2D eigenvalue weighted by Crippen LogP contribution is -3.16. The molecule has 2 atom stereocenters. The molecule has 0 spiro atoms. The van der Waals surface area contributed by atoms with Crippen molar-refractivity contribution < 1.29 is 14.6 Å². The van der Waals surface area contributed by atoms with Crippen molar-refractivity contribution in [2.75, 3.05) is 50.7 Å². The molecule has 5 nitrogen and oxygen atoms in total. The number of likely N-dealkylation sites (tertiary alicyclic amines) is 1. The summed E-state index contributed by atoms with van der Waals surface area (Å²) in [5.74, 6) is 0.218. The zero-order valence-electron chi connectivity index (χ0n) is 17.5. The largest absolute Gasteiger partial charge is 0.360 e. The number of hydrogen-bond donors (Lipinski definition) is 3. The minimum absolute atomic E-state index is 0.218. The molecule has 3 N–H and O–H groups in total. The Morgan fingerprint density at radius 1 is 1.00 bits per heavy atom. The molecule has 2 heterocycles. The first kappa shape index (κ1) is 19.9. The fourth-order valence-electron chi connectivity index (χ4n) is 4.76. The number of nitrogens with zero attached hydrogens (tertiary/aromatic N) is 1. The van der Waals surface area contributed by atoms with Crippen molar-refractivity contribution >= 4 is 11.6 Å². The molecular formula is C24H34N4O+2. The summed E-state index contributed by atoms with van der Waals surface area (Å²) in [5, 5.41) is 3.30. The Morgan fingerprint density at radius 2 is 1.72 bits per heavy atom. The highest BCUT2D eigenvalue weighted by atomic mass is 16.2. The molecule has 0 aliphatic carbocycles. The van der Waals surface area contributed by atoms with E-state index < -0.39 is 0 Å². The summed E-state index contributed by atoms with van der Waals surface area (Å²) in [6, 6.07) is 19.6. The Hall–Kier alpha value is -2.37. The Kier molecular flexibility index (Phi) is 6.47. The third-order valence-corrected chi connectivity index (χ3v) is 6.38. The summed E-state index contributed by atoms with van der Waals surface area (Å²) in [5.41, 5.74) is 4.05. The van der Waals surface area contributed by atoms with Gasteiger partial charge in [0.05, 0.1) is 45.3 Å². The van der Waals surface area contributed by atoms with E-state index in [1.54, 1.807) is 4.90 Å². The van der Waals surface area contributed by atoms with Crippen LogP contribution in [0.1, 0.15) is 17.5 Å². The third kappa shape index (κ3) is 5.37. The van der Waals surface area contributed by atoms with Gasteiger partial charge in [0.1, 0.15) is 6.54 Å². The highest BCUT2D eigenvalue weighted by Crippen LogP contribution is 2.18. The minimum atomic E-state index is 0.218. The molecule has 2 aromatic carbocycles. The van der Waals surface area contributed by atoms with Crippen LogP contribution in [0.4, 0.5) is 5.69 Å². The summed E-state index contributed by atoms with van der Waals surface area (Å²) < 4.78 is 0. The SMILES string of the molecule is Cc1ccccc1N1CC[NH+](CC(=O)N[C@@H]2CC[NH+](Cc3ccccc3)C2)CC1. The average molecular weight is 395 g/mol. The van der Waals surface area contributed by atoms with Crippen LogP contribution in [0.15, 0.2) is 54.6 Å². The van der Waals surface area contributed by atoms with Gasteiger partial charge < -0.3 is 20.0 Å². The maximum Gasteiger partial charge on any atom is 0.275 e. The maximum absolute atomic E-state index is 12.6. The van der Waals surface area contributed by atoms with Gasteiger partial charge in [-0.1, -0.05) is 48.5 Å². The van der Waals surface area contributed by atoms with Gasteiger partial charge in [0.15, 0.2) is 6.54 Å². The molecule has 0 bridgehead atoms. The Balaban J connectivity index is 1.19. The molecule has 2 aliphatic heterocycles. The maximum atomic E-state index is 12.6. The molecule has 2 aliphatic rings. The second-order valence-corrected chi connectivity index (χ2v) is 8.62. The molecule has 2 fully saturated rings. The number of piperazine rings is 1. The normalized spacial score (nSPS) is 22.6. The van der Waals surface area contributed by atoms with Crippen LogP contribution in [0.2, 0.25) is 0 Å². The number of carbonyl (C=O) groups excluding carboxylic acids is 1. The smallest absolute Gasteiger partial charge is 0.275 e. The number of rotatable bonds is 6. The van der Waals surface area contributed by atoms with Gasteiger partial charge in [-0.15, -0.1) is 0 Å². The number of amides is 1. The fraction of sp³-hybridized carbons (Fsp3) is 0.458. The van der Waals surface area contributed by atoms with E-state index in [1.165, 1.54) is 21.7 Å². The molecule has 4 rings (SSSR count). The Morgan fingerprint density at radius 3 is 2.48 bits per heavy atom. The summed E-state index contributed by atoms with van der Waals surface area (Å²) in [4.78, 5) is 18.0. The van der Waals surface area contributed by atoms with E-state index in [0.717, 1.165) is 52.2 Å². The van der Waals surface area contributed by atoms with Crippen LogP contribution >= 0.6 is 0 Å². The second kappa shape index (κ2) is 9.42. The summed E-state index contributed by atoms with van der Waals surface area (Å²) in [6.45, 7) is 10.1.